The van der Waals surface area contributed by atoms with Crippen molar-refractivity contribution < 1.29 is 14.6 Å². The Morgan fingerprint density at radius 2 is 1.88 bits per heavy atom. The summed E-state index contributed by atoms with van der Waals surface area (Å²) in [5.41, 5.74) is 0.894. The molecule has 1 fully saturated rings. The topological polar surface area (TPSA) is 46.5 Å². The number of hydrogen-bond donors (Lipinski definition) is 1. The van der Waals surface area contributed by atoms with E-state index < -0.39 is 5.97 Å². The first-order valence-electron chi connectivity index (χ1n) is 6.09. The second-order valence-electron chi connectivity index (χ2n) is 4.63. The van der Waals surface area contributed by atoms with Gasteiger partial charge in [0, 0.05) is 0 Å². The molecule has 0 saturated heterocycles. The van der Waals surface area contributed by atoms with E-state index in [0.717, 1.165) is 37.0 Å². The predicted octanol–water partition coefficient (Wildman–Crippen LogP) is 3.05. The SMILES string of the molecule is COc1ccc([C@H](C(=O)O)C2CCCC2)cc1. The number of rotatable bonds is 4. The van der Waals surface area contributed by atoms with Gasteiger partial charge in [0.25, 0.3) is 0 Å². The van der Waals surface area contributed by atoms with Gasteiger partial charge in [-0.1, -0.05) is 25.0 Å². The lowest BCUT2D eigenvalue weighted by atomic mass is 9.85. The van der Waals surface area contributed by atoms with Gasteiger partial charge in [-0.05, 0) is 36.5 Å². The second kappa shape index (κ2) is 5.21. The van der Waals surface area contributed by atoms with Crippen molar-refractivity contribution in [3.63, 3.8) is 0 Å². The first-order chi connectivity index (χ1) is 8.22. The van der Waals surface area contributed by atoms with Gasteiger partial charge in [-0.25, -0.2) is 0 Å². The highest BCUT2D eigenvalue weighted by Gasteiger charge is 2.31. The highest BCUT2D eigenvalue weighted by molar-refractivity contribution is 5.76. The van der Waals surface area contributed by atoms with Crippen LogP contribution in [0.3, 0.4) is 0 Å². The molecule has 3 heteroatoms. The van der Waals surface area contributed by atoms with Crippen LogP contribution in [0.15, 0.2) is 24.3 Å². The summed E-state index contributed by atoms with van der Waals surface area (Å²) in [5, 5.41) is 9.38. The normalized spacial score (nSPS) is 17.9. The summed E-state index contributed by atoms with van der Waals surface area (Å²) in [6, 6.07) is 7.41. The van der Waals surface area contributed by atoms with Crippen LogP contribution in [-0.2, 0) is 4.79 Å². The Kier molecular flexibility index (Phi) is 3.67. The summed E-state index contributed by atoms with van der Waals surface area (Å²) in [6.45, 7) is 0. The van der Waals surface area contributed by atoms with Gasteiger partial charge in [-0.15, -0.1) is 0 Å². The fourth-order valence-electron chi connectivity index (χ4n) is 2.72. The lowest BCUT2D eigenvalue weighted by Gasteiger charge is -2.19. The summed E-state index contributed by atoms with van der Waals surface area (Å²) in [6.07, 6.45) is 4.38. The Hall–Kier alpha value is -1.51. The summed E-state index contributed by atoms with van der Waals surface area (Å²) in [5.74, 6) is -0.00400. The van der Waals surface area contributed by atoms with Gasteiger partial charge in [-0.2, -0.15) is 0 Å². The number of hydrogen-bond acceptors (Lipinski definition) is 2. The maximum absolute atomic E-state index is 11.4. The van der Waals surface area contributed by atoms with Gasteiger partial charge in [0.15, 0.2) is 0 Å². The fourth-order valence-corrected chi connectivity index (χ4v) is 2.72. The highest BCUT2D eigenvalue weighted by atomic mass is 16.5. The first kappa shape index (κ1) is 12.0. The molecule has 0 aliphatic heterocycles. The molecule has 0 amide bonds. The monoisotopic (exact) mass is 234 g/mol. The quantitative estimate of drug-likeness (QED) is 0.871. The maximum atomic E-state index is 11.4. The number of ether oxygens (including phenoxy) is 1. The molecule has 92 valence electrons. The van der Waals surface area contributed by atoms with Crippen LogP contribution >= 0.6 is 0 Å². The molecule has 0 spiro atoms. The number of aliphatic carboxylic acids is 1. The molecular formula is C14H18O3. The molecule has 17 heavy (non-hydrogen) atoms. The third kappa shape index (κ3) is 2.60. The van der Waals surface area contributed by atoms with Crippen LogP contribution in [0.25, 0.3) is 0 Å². The number of methoxy groups -OCH3 is 1. The number of carboxylic acid groups (broad SMARTS) is 1. The van der Waals surface area contributed by atoms with Crippen molar-refractivity contribution in [2.45, 2.75) is 31.6 Å². The molecule has 1 aliphatic carbocycles. The zero-order chi connectivity index (χ0) is 12.3. The van der Waals surface area contributed by atoms with Gasteiger partial charge in [0.1, 0.15) is 5.75 Å². The Morgan fingerprint density at radius 1 is 1.29 bits per heavy atom. The van der Waals surface area contributed by atoms with E-state index in [4.69, 9.17) is 4.74 Å². The maximum Gasteiger partial charge on any atom is 0.311 e. The lowest BCUT2D eigenvalue weighted by molar-refractivity contribution is -0.140. The van der Waals surface area contributed by atoms with Gasteiger partial charge in [0.2, 0.25) is 0 Å². The van der Waals surface area contributed by atoms with Gasteiger partial charge in [-0.3, -0.25) is 4.79 Å². The molecule has 1 N–H and O–H groups in total. The van der Waals surface area contributed by atoms with Crippen LogP contribution in [0.5, 0.6) is 5.75 Å². The van der Waals surface area contributed by atoms with Crippen molar-refractivity contribution >= 4 is 5.97 Å². The van der Waals surface area contributed by atoms with E-state index in [1.165, 1.54) is 0 Å². The molecule has 0 aromatic heterocycles. The highest BCUT2D eigenvalue weighted by Crippen LogP contribution is 2.37. The molecule has 1 atom stereocenters. The predicted molar refractivity (Wildman–Crippen MR) is 65.3 cm³/mol. The number of carbonyl (C=O) groups is 1. The van der Waals surface area contributed by atoms with Crippen molar-refractivity contribution in [1.29, 1.82) is 0 Å². The Bertz CT molecular complexity index is 377. The van der Waals surface area contributed by atoms with E-state index in [2.05, 4.69) is 0 Å². The second-order valence-corrected chi connectivity index (χ2v) is 4.63. The minimum absolute atomic E-state index is 0.292. The van der Waals surface area contributed by atoms with Crippen molar-refractivity contribution in [2.75, 3.05) is 7.11 Å². The van der Waals surface area contributed by atoms with Crippen molar-refractivity contribution in [2.24, 2.45) is 5.92 Å². The minimum atomic E-state index is -0.706. The first-order valence-corrected chi connectivity index (χ1v) is 6.09. The van der Waals surface area contributed by atoms with E-state index in [0.29, 0.717) is 5.92 Å². The van der Waals surface area contributed by atoms with Crippen LogP contribution in [0.4, 0.5) is 0 Å². The zero-order valence-electron chi connectivity index (χ0n) is 10.1. The lowest BCUT2D eigenvalue weighted by Crippen LogP contribution is -2.19. The standard InChI is InChI=1S/C14H18O3/c1-17-12-8-6-11(7-9-12)13(14(15)16)10-4-2-3-5-10/h6-10,13H,2-5H2,1H3,(H,15,16)/t13-/m1/s1. The van der Waals surface area contributed by atoms with Gasteiger partial charge in [0.05, 0.1) is 13.0 Å². The third-order valence-electron chi connectivity index (χ3n) is 3.61. The number of benzene rings is 1. The van der Waals surface area contributed by atoms with Gasteiger partial charge < -0.3 is 9.84 Å². The summed E-state index contributed by atoms with van der Waals surface area (Å²) >= 11 is 0. The molecule has 1 aromatic rings. The van der Waals surface area contributed by atoms with Crippen LogP contribution in [0.2, 0.25) is 0 Å². The average molecular weight is 234 g/mol. The third-order valence-corrected chi connectivity index (χ3v) is 3.61. The molecule has 2 rings (SSSR count). The largest absolute Gasteiger partial charge is 0.497 e. The fraction of sp³-hybridized carbons (Fsp3) is 0.500. The minimum Gasteiger partial charge on any atom is -0.497 e. The van der Waals surface area contributed by atoms with E-state index in [-0.39, 0.29) is 5.92 Å². The molecule has 0 unspecified atom stereocenters. The van der Waals surface area contributed by atoms with Crippen molar-refractivity contribution in [3.8, 4) is 5.75 Å². The molecule has 1 aromatic carbocycles. The van der Waals surface area contributed by atoms with Crippen LogP contribution in [-0.4, -0.2) is 18.2 Å². The molecule has 3 nitrogen and oxygen atoms in total. The van der Waals surface area contributed by atoms with Crippen molar-refractivity contribution in [3.05, 3.63) is 29.8 Å². The molecule has 0 radical (unpaired) electrons. The Labute approximate surface area is 101 Å². The van der Waals surface area contributed by atoms with E-state index >= 15 is 0 Å². The van der Waals surface area contributed by atoms with Gasteiger partial charge >= 0.3 is 5.97 Å². The molecule has 1 aliphatic rings. The molecule has 1 saturated carbocycles. The van der Waals surface area contributed by atoms with E-state index in [1.54, 1.807) is 7.11 Å². The summed E-state index contributed by atoms with van der Waals surface area (Å²) in [7, 11) is 1.61. The van der Waals surface area contributed by atoms with Crippen LogP contribution < -0.4 is 4.74 Å². The van der Waals surface area contributed by atoms with E-state index in [1.807, 2.05) is 24.3 Å². The smallest absolute Gasteiger partial charge is 0.311 e. The van der Waals surface area contributed by atoms with Crippen LogP contribution in [0.1, 0.15) is 37.2 Å². The summed E-state index contributed by atoms with van der Waals surface area (Å²) < 4.78 is 5.09. The molecular weight excluding hydrogens is 216 g/mol. The average Bonchev–Trinajstić information content (AvgIpc) is 2.83. The van der Waals surface area contributed by atoms with E-state index in [9.17, 15) is 9.90 Å². The van der Waals surface area contributed by atoms with Crippen LogP contribution in [0, 0.1) is 5.92 Å². The zero-order valence-corrected chi connectivity index (χ0v) is 10.1. The molecule has 0 heterocycles. The summed E-state index contributed by atoms with van der Waals surface area (Å²) in [4.78, 5) is 11.4. The Balaban J connectivity index is 2.22. The number of carboxylic acids is 1. The van der Waals surface area contributed by atoms with Crippen molar-refractivity contribution in [1.82, 2.24) is 0 Å². The molecule has 0 bridgehead atoms. The Morgan fingerprint density at radius 3 is 2.35 bits per heavy atom.